The molecule has 8 nitrogen and oxygen atoms in total. The zero-order valence-electron chi connectivity index (χ0n) is 23.8. The molecule has 2 atom stereocenters. The molecule has 1 amide bonds. The van der Waals surface area contributed by atoms with E-state index in [4.69, 9.17) is 19.2 Å². The van der Waals surface area contributed by atoms with Gasteiger partial charge < -0.3 is 19.3 Å². The summed E-state index contributed by atoms with van der Waals surface area (Å²) >= 11 is 1.29. The number of aliphatic hydroxyl groups is 1. The van der Waals surface area contributed by atoms with Crippen molar-refractivity contribution in [3.05, 3.63) is 82.9 Å². The van der Waals surface area contributed by atoms with E-state index < -0.39 is 17.7 Å². The van der Waals surface area contributed by atoms with Crippen LogP contribution in [-0.4, -0.2) is 41.6 Å². The Balaban J connectivity index is 1.44. The van der Waals surface area contributed by atoms with Gasteiger partial charge in [0.25, 0.3) is 5.78 Å². The lowest BCUT2D eigenvalue weighted by atomic mass is 9.94. The Morgan fingerprint density at radius 2 is 1.86 bits per heavy atom. The van der Waals surface area contributed by atoms with Gasteiger partial charge in [-0.05, 0) is 73.0 Å². The third kappa shape index (κ3) is 5.09. The number of aliphatic hydroxyl groups excluding tert-OH is 1. The van der Waals surface area contributed by atoms with Crippen molar-refractivity contribution in [1.82, 2.24) is 4.98 Å². The second-order valence-electron chi connectivity index (χ2n) is 10.6. The average molecular weight is 585 g/mol. The number of ketones is 1. The predicted octanol–water partition coefficient (Wildman–Crippen LogP) is 6.82. The van der Waals surface area contributed by atoms with Gasteiger partial charge in [0.05, 0.1) is 35.5 Å². The lowest BCUT2D eigenvalue weighted by molar-refractivity contribution is -0.132. The van der Waals surface area contributed by atoms with Gasteiger partial charge in [-0.1, -0.05) is 43.2 Å². The molecule has 0 unspecified atom stereocenters. The van der Waals surface area contributed by atoms with E-state index in [1.165, 1.54) is 16.2 Å². The van der Waals surface area contributed by atoms with Crippen molar-refractivity contribution in [1.29, 1.82) is 0 Å². The molecule has 6 rings (SSSR count). The fraction of sp³-hybridized carbons (Fsp3) is 0.303. The van der Waals surface area contributed by atoms with Crippen LogP contribution in [0, 0.1) is 0 Å². The van der Waals surface area contributed by atoms with Crippen LogP contribution in [0.4, 0.5) is 5.13 Å². The molecular weight excluding hydrogens is 552 g/mol. The summed E-state index contributed by atoms with van der Waals surface area (Å²) in [5.41, 5.74) is 2.76. The van der Waals surface area contributed by atoms with Crippen molar-refractivity contribution in [3.63, 3.8) is 0 Å². The molecule has 1 N–H and O–H groups in total. The number of rotatable bonds is 9. The van der Waals surface area contributed by atoms with Gasteiger partial charge >= 0.3 is 5.91 Å². The summed E-state index contributed by atoms with van der Waals surface area (Å²) in [5, 5.41) is 12.0. The first-order valence-corrected chi connectivity index (χ1v) is 15.0. The Bertz CT molecular complexity index is 1690. The summed E-state index contributed by atoms with van der Waals surface area (Å²) < 4.78 is 17.9. The van der Waals surface area contributed by atoms with Crippen LogP contribution >= 0.6 is 11.3 Å². The second kappa shape index (κ2) is 11.5. The summed E-state index contributed by atoms with van der Waals surface area (Å²) in [4.78, 5) is 33.4. The normalized spacial score (nSPS) is 19.3. The number of fused-ring (bicyclic) bond motifs is 2. The molecule has 0 aliphatic carbocycles. The number of hydrogen-bond acceptors (Lipinski definition) is 8. The highest BCUT2D eigenvalue weighted by atomic mass is 32.1. The number of Topliss-reactive ketones (excluding diaryl/α,β-unsaturated/α-hetero) is 1. The maximum Gasteiger partial charge on any atom is 0.301 e. The molecule has 3 heterocycles. The van der Waals surface area contributed by atoms with Crippen molar-refractivity contribution in [2.45, 2.75) is 51.7 Å². The molecule has 4 aromatic rings. The number of thiazole rings is 1. The highest BCUT2D eigenvalue weighted by Crippen LogP contribution is 2.45. The zero-order valence-corrected chi connectivity index (χ0v) is 24.6. The highest BCUT2D eigenvalue weighted by molar-refractivity contribution is 7.22. The minimum absolute atomic E-state index is 0.0142. The molecule has 0 radical (unpaired) electrons. The number of aromatic nitrogens is 1. The van der Waals surface area contributed by atoms with E-state index >= 15 is 0 Å². The SMILES string of the molecule is CCCCCOc1ccc([C@H]2/C(=C(\O)c3ccc4c(c3)C[C@@H](C)O4)C(=O)C(=O)N2c2nc3ccc(OC)cc3s2)cc1. The first-order valence-electron chi connectivity index (χ1n) is 14.2. The van der Waals surface area contributed by atoms with Crippen LogP contribution in [0.3, 0.4) is 0 Å². The van der Waals surface area contributed by atoms with Gasteiger partial charge in [-0.15, -0.1) is 0 Å². The van der Waals surface area contributed by atoms with Crippen molar-refractivity contribution < 1.29 is 28.9 Å². The summed E-state index contributed by atoms with van der Waals surface area (Å²) in [7, 11) is 1.59. The molecule has 42 heavy (non-hydrogen) atoms. The molecule has 1 aromatic heterocycles. The molecule has 1 saturated heterocycles. The molecule has 2 aliphatic heterocycles. The first kappa shape index (κ1) is 27.8. The number of nitrogens with zero attached hydrogens (tertiary/aromatic N) is 2. The fourth-order valence-electron chi connectivity index (χ4n) is 5.48. The van der Waals surface area contributed by atoms with E-state index in [2.05, 4.69) is 6.92 Å². The summed E-state index contributed by atoms with van der Waals surface area (Å²) in [5.74, 6) is 0.388. The average Bonchev–Trinajstić information content (AvgIpc) is 3.66. The molecule has 0 bridgehead atoms. The molecule has 3 aromatic carbocycles. The van der Waals surface area contributed by atoms with Crippen molar-refractivity contribution >= 4 is 44.1 Å². The van der Waals surface area contributed by atoms with E-state index in [0.29, 0.717) is 46.3 Å². The number of ether oxygens (including phenoxy) is 3. The van der Waals surface area contributed by atoms with Crippen molar-refractivity contribution in [2.75, 3.05) is 18.6 Å². The Morgan fingerprint density at radius 3 is 2.62 bits per heavy atom. The molecule has 2 aliphatic rings. The van der Waals surface area contributed by atoms with E-state index in [9.17, 15) is 14.7 Å². The number of amides is 1. The maximum absolute atomic E-state index is 13.7. The number of benzene rings is 3. The van der Waals surface area contributed by atoms with E-state index in [0.717, 1.165) is 35.3 Å². The van der Waals surface area contributed by atoms with E-state index in [1.54, 1.807) is 25.3 Å². The lowest BCUT2D eigenvalue weighted by Crippen LogP contribution is -2.29. The molecule has 9 heteroatoms. The van der Waals surface area contributed by atoms with Crippen molar-refractivity contribution in [2.24, 2.45) is 0 Å². The summed E-state index contributed by atoms with van der Waals surface area (Å²) in [6.07, 6.45) is 3.89. The third-order valence-electron chi connectivity index (χ3n) is 7.62. The number of hydrogen-bond donors (Lipinski definition) is 1. The second-order valence-corrected chi connectivity index (χ2v) is 11.6. The standard InChI is InChI=1S/C33H32N2O6S/c1-4-5-6-15-40-23-10-7-20(8-11-23)29-28(30(36)21-9-14-26-22(17-21)16-19(2)41-26)31(37)32(38)35(29)33-34-25-13-12-24(39-3)18-27(25)42-33/h7-14,17-19,29,36H,4-6,15-16H2,1-3H3/b30-28+/t19-,29+/m1/s1. The lowest BCUT2D eigenvalue weighted by Gasteiger charge is -2.23. The fourth-order valence-corrected chi connectivity index (χ4v) is 6.50. The van der Waals surface area contributed by atoms with E-state index in [-0.39, 0.29) is 17.4 Å². The van der Waals surface area contributed by atoms with Gasteiger partial charge in [-0.3, -0.25) is 14.5 Å². The van der Waals surface area contributed by atoms with E-state index in [1.807, 2.05) is 49.4 Å². The quantitative estimate of drug-likeness (QED) is 0.0997. The first-order chi connectivity index (χ1) is 20.4. The Hall–Kier alpha value is -4.37. The van der Waals surface area contributed by atoms with Crippen LogP contribution in [0.25, 0.3) is 16.0 Å². The molecule has 1 fully saturated rings. The van der Waals surface area contributed by atoms with Crippen LogP contribution in [0.15, 0.2) is 66.2 Å². The molecule has 0 spiro atoms. The smallest absolute Gasteiger partial charge is 0.301 e. The largest absolute Gasteiger partial charge is 0.507 e. The molecule has 216 valence electrons. The third-order valence-corrected chi connectivity index (χ3v) is 8.63. The number of carbonyl (C=O) groups is 2. The van der Waals surface area contributed by atoms with Gasteiger partial charge in [-0.25, -0.2) is 4.98 Å². The van der Waals surface area contributed by atoms with Gasteiger partial charge in [0.1, 0.15) is 29.1 Å². The van der Waals surface area contributed by atoms with Crippen LogP contribution in [0.2, 0.25) is 0 Å². The Morgan fingerprint density at radius 1 is 1.07 bits per heavy atom. The maximum atomic E-state index is 13.7. The van der Waals surface area contributed by atoms with Crippen LogP contribution < -0.4 is 19.1 Å². The Kier molecular flexibility index (Phi) is 7.60. The Labute approximate surface area is 248 Å². The topological polar surface area (TPSA) is 98.2 Å². The minimum Gasteiger partial charge on any atom is -0.507 e. The van der Waals surface area contributed by atoms with Crippen LogP contribution in [0.5, 0.6) is 17.2 Å². The monoisotopic (exact) mass is 584 g/mol. The number of methoxy groups -OCH3 is 1. The van der Waals surface area contributed by atoms with Crippen LogP contribution in [0.1, 0.15) is 55.8 Å². The van der Waals surface area contributed by atoms with Gasteiger partial charge in [-0.2, -0.15) is 0 Å². The molecular formula is C33H32N2O6S. The zero-order chi connectivity index (χ0) is 29.4. The number of anilines is 1. The highest BCUT2D eigenvalue weighted by Gasteiger charge is 2.48. The number of unbranched alkanes of at least 4 members (excludes halogenated alkanes) is 2. The van der Waals surface area contributed by atoms with Crippen LogP contribution in [-0.2, 0) is 16.0 Å². The predicted molar refractivity (Wildman–Crippen MR) is 163 cm³/mol. The number of carbonyl (C=O) groups excluding carboxylic acids is 2. The van der Waals surface area contributed by atoms with Gasteiger partial charge in [0, 0.05) is 12.0 Å². The molecule has 0 saturated carbocycles. The summed E-state index contributed by atoms with van der Waals surface area (Å²) in [6, 6.07) is 17.3. The van der Waals surface area contributed by atoms with Crippen molar-refractivity contribution in [3.8, 4) is 17.2 Å². The minimum atomic E-state index is -0.884. The van der Waals surface area contributed by atoms with Gasteiger partial charge in [0.2, 0.25) is 0 Å². The summed E-state index contributed by atoms with van der Waals surface area (Å²) in [6.45, 7) is 4.74. The van der Waals surface area contributed by atoms with Gasteiger partial charge in [0.15, 0.2) is 5.13 Å².